The Bertz CT molecular complexity index is 719. The highest BCUT2D eigenvalue weighted by Gasteiger charge is 2.27. The van der Waals surface area contributed by atoms with Gasteiger partial charge in [0.15, 0.2) is 0 Å². The van der Waals surface area contributed by atoms with E-state index in [1.54, 1.807) is 0 Å². The average Bonchev–Trinajstić information content (AvgIpc) is 3.15. The second-order valence-corrected chi connectivity index (χ2v) is 6.31. The van der Waals surface area contributed by atoms with Crippen LogP contribution in [0, 0.1) is 5.92 Å². The first-order valence-electron chi connectivity index (χ1n) is 8.62. The summed E-state index contributed by atoms with van der Waals surface area (Å²) in [4.78, 5) is 25.8. The van der Waals surface area contributed by atoms with Gasteiger partial charge in [-0.2, -0.15) is 5.10 Å². The highest BCUT2D eigenvalue weighted by molar-refractivity contribution is 5.77. The second kappa shape index (κ2) is 7.96. The van der Waals surface area contributed by atoms with Gasteiger partial charge in [0.25, 0.3) is 0 Å². The number of ether oxygens (including phenoxy) is 1. The molecule has 0 spiro atoms. The van der Waals surface area contributed by atoms with Gasteiger partial charge in [-0.3, -0.25) is 9.59 Å². The smallest absolute Gasteiger partial charge is 0.308 e. The van der Waals surface area contributed by atoms with E-state index in [2.05, 4.69) is 5.10 Å². The maximum Gasteiger partial charge on any atom is 0.308 e. The first-order chi connectivity index (χ1) is 12.2. The Balaban J connectivity index is 1.49. The third kappa shape index (κ3) is 4.26. The van der Waals surface area contributed by atoms with Crippen LogP contribution in [-0.4, -0.2) is 46.8 Å². The summed E-state index contributed by atoms with van der Waals surface area (Å²) in [5, 5.41) is 4.36. The van der Waals surface area contributed by atoms with Gasteiger partial charge in [0.05, 0.1) is 24.9 Å². The fourth-order valence-electron chi connectivity index (χ4n) is 3.15. The van der Waals surface area contributed by atoms with Crippen LogP contribution in [0.3, 0.4) is 0 Å². The number of piperidine rings is 1. The Morgan fingerprint density at radius 3 is 2.60 bits per heavy atom. The van der Waals surface area contributed by atoms with Crippen LogP contribution < -0.4 is 0 Å². The van der Waals surface area contributed by atoms with E-state index >= 15 is 0 Å². The second-order valence-electron chi connectivity index (χ2n) is 6.31. The molecule has 0 bridgehead atoms. The Morgan fingerprint density at radius 2 is 1.92 bits per heavy atom. The molecule has 3 rings (SSSR count). The van der Waals surface area contributed by atoms with Crippen molar-refractivity contribution in [1.29, 1.82) is 0 Å². The molecule has 25 heavy (non-hydrogen) atoms. The molecule has 1 saturated heterocycles. The molecular formula is C19H23N3O3. The summed E-state index contributed by atoms with van der Waals surface area (Å²) >= 11 is 0. The molecule has 1 aliphatic rings. The number of nitrogens with zero attached hydrogens (tertiary/aromatic N) is 3. The first-order valence-corrected chi connectivity index (χ1v) is 8.62. The molecular weight excluding hydrogens is 318 g/mol. The van der Waals surface area contributed by atoms with Crippen LogP contribution in [0.2, 0.25) is 0 Å². The quantitative estimate of drug-likeness (QED) is 0.782. The van der Waals surface area contributed by atoms with Crippen LogP contribution in [-0.2, 0) is 20.7 Å². The molecule has 0 saturated carbocycles. The predicted octanol–water partition coefficient (Wildman–Crippen LogP) is 2.22. The Labute approximate surface area is 147 Å². The van der Waals surface area contributed by atoms with E-state index in [-0.39, 0.29) is 17.8 Å². The van der Waals surface area contributed by atoms with E-state index in [0.29, 0.717) is 38.8 Å². The van der Waals surface area contributed by atoms with Crippen molar-refractivity contribution in [2.75, 3.05) is 20.2 Å². The molecule has 0 atom stereocenters. The number of hydrogen-bond donors (Lipinski definition) is 0. The van der Waals surface area contributed by atoms with Crippen LogP contribution in [0.5, 0.6) is 0 Å². The van der Waals surface area contributed by atoms with Gasteiger partial charge >= 0.3 is 5.97 Å². The highest BCUT2D eigenvalue weighted by Crippen LogP contribution is 2.19. The van der Waals surface area contributed by atoms with Gasteiger partial charge in [-0.15, -0.1) is 0 Å². The number of esters is 1. The Hall–Kier alpha value is -2.63. The number of benzene rings is 1. The molecule has 1 aromatic carbocycles. The largest absolute Gasteiger partial charge is 0.469 e. The summed E-state index contributed by atoms with van der Waals surface area (Å²) in [6, 6.07) is 9.90. The predicted molar refractivity (Wildman–Crippen MR) is 93.2 cm³/mol. The number of amides is 1. The van der Waals surface area contributed by atoms with E-state index in [1.807, 2.05) is 52.3 Å². The van der Waals surface area contributed by atoms with Crippen molar-refractivity contribution in [3.63, 3.8) is 0 Å². The number of aromatic nitrogens is 2. The van der Waals surface area contributed by atoms with Crippen molar-refractivity contribution in [2.45, 2.75) is 25.7 Å². The van der Waals surface area contributed by atoms with E-state index < -0.39 is 0 Å². The lowest BCUT2D eigenvalue weighted by molar-refractivity contribution is -0.148. The number of para-hydroxylation sites is 1. The fraction of sp³-hybridized carbons (Fsp3) is 0.421. The van der Waals surface area contributed by atoms with Gasteiger partial charge in [-0.25, -0.2) is 4.68 Å². The van der Waals surface area contributed by atoms with Crippen LogP contribution in [0.1, 0.15) is 24.8 Å². The van der Waals surface area contributed by atoms with Crippen LogP contribution in [0.4, 0.5) is 0 Å². The molecule has 6 nitrogen and oxygen atoms in total. The molecule has 1 aliphatic heterocycles. The van der Waals surface area contributed by atoms with Crippen molar-refractivity contribution >= 4 is 11.9 Å². The van der Waals surface area contributed by atoms with Crippen molar-refractivity contribution in [3.05, 3.63) is 48.3 Å². The minimum atomic E-state index is -0.166. The molecule has 0 N–H and O–H groups in total. The fourth-order valence-corrected chi connectivity index (χ4v) is 3.15. The topological polar surface area (TPSA) is 64.4 Å². The van der Waals surface area contributed by atoms with Gasteiger partial charge in [0, 0.05) is 25.7 Å². The number of likely N-dealkylation sites (tertiary alicyclic amines) is 1. The monoisotopic (exact) mass is 341 g/mol. The molecule has 0 aliphatic carbocycles. The summed E-state index contributed by atoms with van der Waals surface area (Å²) in [5.41, 5.74) is 2.05. The zero-order valence-corrected chi connectivity index (χ0v) is 14.4. The third-order valence-electron chi connectivity index (χ3n) is 4.67. The van der Waals surface area contributed by atoms with E-state index in [9.17, 15) is 9.59 Å². The van der Waals surface area contributed by atoms with Crippen molar-refractivity contribution in [3.8, 4) is 5.69 Å². The average molecular weight is 341 g/mol. The minimum Gasteiger partial charge on any atom is -0.469 e. The standard InChI is InChI=1S/C19H23N3O3/c1-25-19(24)16-9-11-21(12-10-16)18(23)8-7-15-13-20-22(14-15)17-5-3-2-4-6-17/h2-6,13-14,16H,7-12H2,1H3. The van der Waals surface area contributed by atoms with Gasteiger partial charge < -0.3 is 9.64 Å². The molecule has 2 aromatic rings. The molecule has 6 heteroatoms. The minimum absolute atomic E-state index is 0.0712. The molecule has 2 heterocycles. The van der Waals surface area contributed by atoms with Gasteiger partial charge in [0.1, 0.15) is 0 Å². The molecule has 1 fully saturated rings. The summed E-state index contributed by atoms with van der Waals surface area (Å²) in [7, 11) is 1.41. The summed E-state index contributed by atoms with van der Waals surface area (Å²) in [6.45, 7) is 1.25. The molecule has 1 aromatic heterocycles. The Morgan fingerprint density at radius 1 is 1.20 bits per heavy atom. The van der Waals surface area contributed by atoms with Crippen molar-refractivity contribution < 1.29 is 14.3 Å². The van der Waals surface area contributed by atoms with E-state index in [0.717, 1.165) is 11.3 Å². The highest BCUT2D eigenvalue weighted by atomic mass is 16.5. The van der Waals surface area contributed by atoms with Crippen LogP contribution >= 0.6 is 0 Å². The maximum absolute atomic E-state index is 12.4. The van der Waals surface area contributed by atoms with E-state index in [1.165, 1.54) is 7.11 Å². The molecule has 132 valence electrons. The zero-order valence-electron chi connectivity index (χ0n) is 14.4. The van der Waals surface area contributed by atoms with Gasteiger partial charge in [0.2, 0.25) is 5.91 Å². The normalized spacial score (nSPS) is 15.2. The Kier molecular flexibility index (Phi) is 5.48. The number of rotatable bonds is 5. The number of carbonyl (C=O) groups is 2. The third-order valence-corrected chi connectivity index (χ3v) is 4.67. The lowest BCUT2D eigenvalue weighted by Gasteiger charge is -2.30. The summed E-state index contributed by atoms with van der Waals surface area (Å²) < 4.78 is 6.60. The lowest BCUT2D eigenvalue weighted by Crippen LogP contribution is -2.40. The molecule has 0 radical (unpaired) electrons. The molecule has 1 amide bonds. The number of aryl methyl sites for hydroxylation is 1. The molecule has 0 unspecified atom stereocenters. The lowest BCUT2D eigenvalue weighted by atomic mass is 9.96. The number of hydrogen-bond acceptors (Lipinski definition) is 4. The number of methoxy groups -OCH3 is 1. The maximum atomic E-state index is 12.4. The van der Waals surface area contributed by atoms with Gasteiger partial charge in [-0.1, -0.05) is 18.2 Å². The van der Waals surface area contributed by atoms with Crippen molar-refractivity contribution in [1.82, 2.24) is 14.7 Å². The SMILES string of the molecule is COC(=O)C1CCN(C(=O)CCc2cnn(-c3ccccc3)c2)CC1. The van der Waals surface area contributed by atoms with E-state index in [4.69, 9.17) is 4.74 Å². The first kappa shape index (κ1) is 17.2. The van der Waals surface area contributed by atoms with Crippen LogP contribution in [0.15, 0.2) is 42.7 Å². The van der Waals surface area contributed by atoms with Crippen LogP contribution in [0.25, 0.3) is 5.69 Å². The summed E-state index contributed by atoms with van der Waals surface area (Å²) in [6.07, 6.45) is 6.27. The van der Waals surface area contributed by atoms with Gasteiger partial charge in [-0.05, 0) is 37.0 Å². The zero-order chi connectivity index (χ0) is 17.6. The van der Waals surface area contributed by atoms with Crippen molar-refractivity contribution in [2.24, 2.45) is 5.92 Å². The number of carbonyl (C=O) groups excluding carboxylic acids is 2. The summed E-state index contributed by atoms with van der Waals surface area (Å²) in [5.74, 6) is -0.102.